The van der Waals surface area contributed by atoms with Gasteiger partial charge in [-0.15, -0.1) is 0 Å². The number of fused-ring (bicyclic) bond motifs is 1. The second-order valence-corrected chi connectivity index (χ2v) is 14.3. The van der Waals surface area contributed by atoms with Gasteiger partial charge in [-0.3, -0.25) is 18.4 Å². The first-order valence-corrected chi connectivity index (χ1v) is 16.2. The quantitative estimate of drug-likeness (QED) is 0.124. The summed E-state index contributed by atoms with van der Waals surface area (Å²) in [5, 5.41) is 10.4. The fraction of sp³-hybridized carbons (Fsp3) is 0.343. The van der Waals surface area contributed by atoms with Crippen LogP contribution >= 0.6 is 7.82 Å². The molecule has 2 heterocycles. The van der Waals surface area contributed by atoms with Gasteiger partial charge >= 0.3 is 7.82 Å². The van der Waals surface area contributed by atoms with Crippen molar-refractivity contribution in [3.8, 4) is 34.1 Å². The number of ether oxygens (including phenoxy) is 1. The summed E-state index contributed by atoms with van der Waals surface area (Å²) in [5.74, 6) is 0.299. The number of rotatable bonds is 10. The topological polar surface area (TPSA) is 116 Å². The third kappa shape index (κ3) is 8.11. The molecule has 2 aromatic heterocycles. The maximum absolute atomic E-state index is 14.0. The monoisotopic (exact) mass is 644 g/mol. The summed E-state index contributed by atoms with van der Waals surface area (Å²) in [5.41, 5.74) is 3.14. The van der Waals surface area contributed by atoms with Crippen molar-refractivity contribution in [2.24, 2.45) is 0 Å². The van der Waals surface area contributed by atoms with Crippen LogP contribution in [0.25, 0.3) is 33.3 Å². The van der Waals surface area contributed by atoms with Gasteiger partial charge in [-0.1, -0.05) is 18.7 Å². The number of methoxy groups -OCH3 is 1. The van der Waals surface area contributed by atoms with Gasteiger partial charge in [0.25, 0.3) is 0 Å². The van der Waals surface area contributed by atoms with Gasteiger partial charge in [0.05, 0.1) is 29.9 Å². The van der Waals surface area contributed by atoms with E-state index in [0.29, 0.717) is 22.6 Å². The van der Waals surface area contributed by atoms with E-state index in [0.717, 1.165) is 27.6 Å². The number of anilines is 1. The Morgan fingerprint density at radius 1 is 1.04 bits per heavy atom. The van der Waals surface area contributed by atoms with Crippen LogP contribution in [0.2, 0.25) is 0 Å². The molecule has 0 aliphatic heterocycles. The highest BCUT2D eigenvalue weighted by molar-refractivity contribution is 7.48. The molecule has 1 unspecified atom stereocenters. The molecule has 0 N–H and O–H groups in total. The van der Waals surface area contributed by atoms with Gasteiger partial charge in [-0.2, -0.15) is 5.26 Å². The van der Waals surface area contributed by atoms with Crippen LogP contribution in [0, 0.1) is 11.3 Å². The zero-order chi connectivity index (χ0) is 34.0. The molecule has 0 radical (unpaired) electrons. The maximum Gasteiger partial charge on any atom is 0.477 e. The van der Waals surface area contributed by atoms with Crippen LogP contribution in [0.15, 0.2) is 73.6 Å². The Kier molecular flexibility index (Phi) is 9.95. The summed E-state index contributed by atoms with van der Waals surface area (Å²) in [7, 11) is -0.848. The number of phosphoric ester groups is 1. The third-order valence-corrected chi connectivity index (χ3v) is 8.88. The molecule has 0 aliphatic carbocycles. The second-order valence-electron chi connectivity index (χ2n) is 12.8. The largest absolute Gasteiger partial charge is 0.497 e. The summed E-state index contributed by atoms with van der Waals surface area (Å²) in [4.78, 5) is 18.7. The number of carbonyl (C=O) groups excluding carboxylic acids is 1. The average molecular weight is 645 g/mol. The Morgan fingerprint density at radius 3 is 2.30 bits per heavy atom. The van der Waals surface area contributed by atoms with Crippen molar-refractivity contribution in [3.63, 3.8) is 0 Å². The highest BCUT2D eigenvalue weighted by Crippen LogP contribution is 2.57. The number of aromatic nitrogens is 2. The number of amides is 1. The van der Waals surface area contributed by atoms with Crippen molar-refractivity contribution in [2.45, 2.75) is 65.9 Å². The van der Waals surface area contributed by atoms with E-state index in [1.165, 1.54) is 11.0 Å². The Bertz CT molecular complexity index is 1840. The van der Waals surface area contributed by atoms with Gasteiger partial charge in [0.2, 0.25) is 5.91 Å². The molecule has 4 aromatic rings. The lowest BCUT2D eigenvalue weighted by Crippen LogP contribution is -2.25. The summed E-state index contributed by atoms with van der Waals surface area (Å²) < 4.78 is 39.2. The van der Waals surface area contributed by atoms with Crippen molar-refractivity contribution in [1.82, 2.24) is 9.55 Å². The molecule has 242 valence electrons. The number of phosphoric acid groups is 1. The standard InChI is InChI=1S/C35H41N4O6P/c1-11-32(40)38(9)28-16-26(17-29(19-28)42-10)27-18-30-31(25-14-12-13-24(15-25)20-36)22-39(33(30)37-21-27)23(2)43-46(41,44-34(3,4)5)45-35(6,7)8/h11-19,21-23H,1H2,2-10H3. The molecule has 0 fully saturated rings. The van der Waals surface area contributed by atoms with Crippen molar-refractivity contribution in [3.05, 3.63) is 79.1 Å². The lowest BCUT2D eigenvalue weighted by molar-refractivity contribution is -0.113. The minimum atomic E-state index is -4.07. The number of pyridine rings is 1. The predicted molar refractivity (Wildman–Crippen MR) is 181 cm³/mol. The van der Waals surface area contributed by atoms with Gasteiger partial charge < -0.3 is 14.2 Å². The smallest absolute Gasteiger partial charge is 0.477 e. The van der Waals surface area contributed by atoms with E-state index < -0.39 is 25.3 Å². The molecule has 11 heteroatoms. The lowest BCUT2D eigenvalue weighted by atomic mass is 10.0. The van der Waals surface area contributed by atoms with Crippen LogP contribution in [-0.2, 0) is 22.9 Å². The minimum absolute atomic E-state index is 0.262. The Morgan fingerprint density at radius 2 is 1.72 bits per heavy atom. The molecule has 0 saturated heterocycles. The number of hydrogen-bond donors (Lipinski definition) is 0. The Balaban J connectivity index is 1.90. The van der Waals surface area contributed by atoms with E-state index in [9.17, 15) is 14.6 Å². The van der Waals surface area contributed by atoms with Gasteiger partial charge in [-0.05, 0) is 96.0 Å². The van der Waals surface area contributed by atoms with Crippen LogP contribution < -0.4 is 9.64 Å². The fourth-order valence-corrected chi connectivity index (χ4v) is 6.79. The molecule has 46 heavy (non-hydrogen) atoms. The lowest BCUT2D eigenvalue weighted by Gasteiger charge is -2.32. The first kappa shape index (κ1) is 34.6. The Labute approximate surface area is 270 Å². The minimum Gasteiger partial charge on any atom is -0.497 e. The van der Waals surface area contributed by atoms with Gasteiger partial charge in [0.15, 0.2) is 0 Å². The highest BCUT2D eigenvalue weighted by atomic mass is 31.2. The molecule has 1 amide bonds. The first-order chi connectivity index (χ1) is 21.5. The number of hydrogen-bond acceptors (Lipinski definition) is 8. The number of likely N-dealkylation sites (N-methyl/N-ethyl adjacent to an activating group) is 1. The molecule has 0 spiro atoms. The number of nitriles is 1. The average Bonchev–Trinajstić information content (AvgIpc) is 3.37. The van der Waals surface area contributed by atoms with E-state index in [-0.39, 0.29) is 5.91 Å². The van der Waals surface area contributed by atoms with E-state index in [2.05, 4.69) is 12.6 Å². The third-order valence-electron chi connectivity index (χ3n) is 6.77. The molecule has 2 aromatic carbocycles. The van der Waals surface area contributed by atoms with Gasteiger partial charge in [-0.25, -0.2) is 9.55 Å². The predicted octanol–water partition coefficient (Wildman–Crippen LogP) is 8.67. The number of nitrogens with zero attached hydrogens (tertiary/aromatic N) is 4. The fourth-order valence-electron chi connectivity index (χ4n) is 4.85. The van der Waals surface area contributed by atoms with Crippen molar-refractivity contribution < 1.29 is 27.7 Å². The van der Waals surface area contributed by atoms with Crippen LogP contribution in [0.1, 0.15) is 60.3 Å². The van der Waals surface area contributed by atoms with E-state index in [1.54, 1.807) is 91.6 Å². The number of carbonyl (C=O) groups is 1. The van der Waals surface area contributed by atoms with Crippen LogP contribution in [0.4, 0.5) is 5.69 Å². The zero-order valence-corrected chi connectivity index (χ0v) is 28.7. The molecule has 0 saturated carbocycles. The summed E-state index contributed by atoms with van der Waals surface area (Å²) in [6, 6.07) is 16.9. The summed E-state index contributed by atoms with van der Waals surface area (Å²) in [6.07, 6.45) is 3.99. The molecule has 4 rings (SSSR count). The first-order valence-electron chi connectivity index (χ1n) is 14.8. The van der Waals surface area contributed by atoms with E-state index in [4.69, 9.17) is 23.3 Å². The van der Waals surface area contributed by atoms with Crippen LogP contribution in [0.3, 0.4) is 0 Å². The zero-order valence-electron chi connectivity index (χ0n) is 27.8. The van der Waals surface area contributed by atoms with Gasteiger partial charge in [0, 0.05) is 47.7 Å². The summed E-state index contributed by atoms with van der Waals surface area (Å²) in [6.45, 7) is 16.0. The number of benzene rings is 2. The Hall–Kier alpha value is -4.26. The molecule has 0 bridgehead atoms. The second kappa shape index (κ2) is 13.2. The van der Waals surface area contributed by atoms with Crippen molar-refractivity contribution in [2.75, 3.05) is 19.1 Å². The molecular formula is C35H41N4O6P. The maximum atomic E-state index is 14.0. The van der Waals surface area contributed by atoms with Gasteiger partial charge in [0.1, 0.15) is 17.6 Å². The SMILES string of the molecule is C=CC(=O)N(C)c1cc(OC)cc(-c2cnc3c(c2)c(-c2cccc(C#N)c2)cn3C(C)OP(=O)(OC(C)(C)C)OC(C)(C)C)c1. The van der Waals surface area contributed by atoms with E-state index in [1.807, 2.05) is 36.5 Å². The van der Waals surface area contributed by atoms with Crippen molar-refractivity contribution in [1.29, 1.82) is 5.26 Å². The highest BCUT2D eigenvalue weighted by Gasteiger charge is 2.39. The summed E-state index contributed by atoms with van der Waals surface area (Å²) >= 11 is 0. The van der Waals surface area contributed by atoms with Crippen LogP contribution in [-0.4, -0.2) is 40.8 Å². The molecule has 0 aliphatic rings. The van der Waals surface area contributed by atoms with Crippen molar-refractivity contribution >= 4 is 30.5 Å². The molecule has 10 nitrogen and oxygen atoms in total. The van der Waals surface area contributed by atoms with E-state index >= 15 is 0 Å². The van der Waals surface area contributed by atoms with Crippen LogP contribution in [0.5, 0.6) is 5.75 Å². The molecular weight excluding hydrogens is 603 g/mol. The molecule has 1 atom stereocenters. The normalized spacial score (nSPS) is 12.9.